The maximum atomic E-state index is 13.6. The molecule has 98 valence electrons. The van der Waals surface area contributed by atoms with Crippen molar-refractivity contribution in [2.75, 3.05) is 13.1 Å². The molecule has 1 fully saturated rings. The molecule has 0 spiro atoms. The van der Waals surface area contributed by atoms with E-state index in [9.17, 15) is 9.18 Å². The van der Waals surface area contributed by atoms with Crippen molar-refractivity contribution in [3.8, 4) is 5.75 Å². The number of hydrogen-bond acceptors (Lipinski definition) is 3. The number of benzene rings is 1. The van der Waals surface area contributed by atoms with Crippen LogP contribution < -0.4 is 5.73 Å². The molecule has 0 aliphatic carbocycles. The zero-order valence-electron chi connectivity index (χ0n) is 10.3. The fourth-order valence-corrected chi connectivity index (χ4v) is 2.13. The van der Waals surface area contributed by atoms with Gasteiger partial charge >= 0.3 is 0 Å². The van der Waals surface area contributed by atoms with Crippen molar-refractivity contribution in [3.63, 3.8) is 0 Å². The molecule has 1 aliphatic rings. The fraction of sp³-hybridized carbons (Fsp3) is 0.462. The number of nitrogens with two attached hydrogens (primary N) is 1. The lowest BCUT2D eigenvalue weighted by Gasteiger charge is -2.35. The summed E-state index contributed by atoms with van der Waals surface area (Å²) in [6, 6.07) is 3.49. The summed E-state index contributed by atoms with van der Waals surface area (Å²) >= 11 is 0. The zero-order valence-corrected chi connectivity index (χ0v) is 10.3. The van der Waals surface area contributed by atoms with Crippen molar-refractivity contribution < 1.29 is 14.3 Å². The maximum Gasteiger partial charge on any atom is 0.256 e. The first-order valence-electron chi connectivity index (χ1n) is 6.02. The highest BCUT2D eigenvalue weighted by molar-refractivity contribution is 5.94. The topological polar surface area (TPSA) is 66.6 Å². The Kier molecular flexibility index (Phi) is 3.52. The van der Waals surface area contributed by atoms with Crippen molar-refractivity contribution in [2.45, 2.75) is 19.4 Å². The summed E-state index contributed by atoms with van der Waals surface area (Å²) in [6.45, 7) is 3.09. The Morgan fingerprint density at radius 2 is 2.28 bits per heavy atom. The van der Waals surface area contributed by atoms with Crippen LogP contribution in [0.4, 0.5) is 4.39 Å². The second-order valence-electron chi connectivity index (χ2n) is 4.85. The lowest BCUT2D eigenvalue weighted by atomic mass is 9.94. The number of phenolic OH excluding ortho intramolecular Hbond substituents is 1. The molecule has 1 heterocycles. The van der Waals surface area contributed by atoms with Gasteiger partial charge in [-0.1, -0.05) is 6.92 Å². The van der Waals surface area contributed by atoms with Crippen LogP contribution >= 0.6 is 0 Å². The van der Waals surface area contributed by atoms with Gasteiger partial charge in [-0.25, -0.2) is 4.39 Å². The molecule has 0 bridgehead atoms. The van der Waals surface area contributed by atoms with Crippen molar-refractivity contribution in [1.82, 2.24) is 4.90 Å². The quantitative estimate of drug-likeness (QED) is 0.792. The van der Waals surface area contributed by atoms with Crippen molar-refractivity contribution in [2.24, 2.45) is 11.7 Å². The van der Waals surface area contributed by atoms with Gasteiger partial charge in [-0.15, -0.1) is 0 Å². The van der Waals surface area contributed by atoms with E-state index in [0.717, 1.165) is 12.5 Å². The van der Waals surface area contributed by atoms with Gasteiger partial charge < -0.3 is 15.7 Å². The number of rotatable bonds is 1. The normalized spacial score (nSPS) is 24.1. The first-order chi connectivity index (χ1) is 8.49. The predicted octanol–water partition coefficient (Wildman–Crippen LogP) is 1.34. The number of amides is 1. The Morgan fingerprint density at radius 1 is 1.56 bits per heavy atom. The van der Waals surface area contributed by atoms with Crippen molar-refractivity contribution in [3.05, 3.63) is 29.6 Å². The first-order valence-corrected chi connectivity index (χ1v) is 6.02. The number of carbonyl (C=O) groups excluding carboxylic acids is 1. The standard InChI is InChI=1S/C13H17FN2O2/c1-8-4-5-16(7-12(8)15)13(18)10-3-2-9(17)6-11(10)14/h2-3,6,8,12,17H,4-5,7,15H2,1H3. The van der Waals surface area contributed by atoms with Crippen LogP contribution in [-0.4, -0.2) is 35.0 Å². The number of halogens is 1. The van der Waals surface area contributed by atoms with Crippen LogP contribution in [0.15, 0.2) is 18.2 Å². The summed E-state index contributed by atoms with van der Waals surface area (Å²) in [5, 5.41) is 9.12. The number of carbonyl (C=O) groups is 1. The van der Waals surface area contributed by atoms with Gasteiger partial charge in [-0.05, 0) is 24.5 Å². The minimum atomic E-state index is -0.702. The maximum absolute atomic E-state index is 13.6. The van der Waals surface area contributed by atoms with Crippen LogP contribution in [0, 0.1) is 11.7 Å². The number of hydrogen-bond donors (Lipinski definition) is 2. The molecule has 5 heteroatoms. The summed E-state index contributed by atoms with van der Waals surface area (Å²) in [5.74, 6) is -0.881. The van der Waals surface area contributed by atoms with Crippen LogP contribution in [0.1, 0.15) is 23.7 Å². The van der Waals surface area contributed by atoms with Gasteiger partial charge in [0.25, 0.3) is 5.91 Å². The highest BCUT2D eigenvalue weighted by Gasteiger charge is 2.28. The largest absolute Gasteiger partial charge is 0.508 e. The van der Waals surface area contributed by atoms with E-state index in [1.807, 2.05) is 6.92 Å². The van der Waals surface area contributed by atoms with Gasteiger partial charge in [0, 0.05) is 25.2 Å². The summed E-state index contributed by atoms with van der Waals surface area (Å²) in [4.78, 5) is 13.7. The van der Waals surface area contributed by atoms with Gasteiger partial charge in [0.05, 0.1) is 5.56 Å². The smallest absolute Gasteiger partial charge is 0.256 e. The Labute approximate surface area is 105 Å². The van der Waals surface area contributed by atoms with Gasteiger partial charge in [0.2, 0.25) is 0 Å². The third-order valence-corrected chi connectivity index (χ3v) is 3.49. The average molecular weight is 252 g/mol. The Hall–Kier alpha value is -1.62. The molecule has 1 amide bonds. The van der Waals surface area contributed by atoms with E-state index in [4.69, 9.17) is 10.8 Å². The van der Waals surface area contributed by atoms with Gasteiger partial charge in [0.1, 0.15) is 11.6 Å². The average Bonchev–Trinajstić information content (AvgIpc) is 2.32. The number of nitrogens with zero attached hydrogens (tertiary/aromatic N) is 1. The molecule has 3 N–H and O–H groups in total. The van der Waals surface area contributed by atoms with E-state index in [1.54, 1.807) is 4.90 Å². The van der Waals surface area contributed by atoms with E-state index in [1.165, 1.54) is 12.1 Å². The number of piperidine rings is 1. The van der Waals surface area contributed by atoms with Crippen molar-refractivity contribution >= 4 is 5.91 Å². The zero-order chi connectivity index (χ0) is 13.3. The lowest BCUT2D eigenvalue weighted by Crippen LogP contribution is -2.49. The monoisotopic (exact) mass is 252 g/mol. The number of likely N-dealkylation sites (tertiary alicyclic amines) is 1. The molecule has 0 radical (unpaired) electrons. The minimum Gasteiger partial charge on any atom is -0.508 e. The highest BCUT2D eigenvalue weighted by Crippen LogP contribution is 2.20. The van der Waals surface area contributed by atoms with Crippen LogP contribution in [0.5, 0.6) is 5.75 Å². The molecule has 4 nitrogen and oxygen atoms in total. The molecule has 1 aromatic carbocycles. The van der Waals surface area contributed by atoms with Gasteiger partial charge in [0.15, 0.2) is 0 Å². The van der Waals surface area contributed by atoms with E-state index in [-0.39, 0.29) is 23.3 Å². The van der Waals surface area contributed by atoms with E-state index < -0.39 is 5.82 Å². The predicted molar refractivity (Wildman–Crippen MR) is 65.7 cm³/mol. The third kappa shape index (κ3) is 2.46. The summed E-state index contributed by atoms with van der Waals surface area (Å²) in [6.07, 6.45) is 0.826. The third-order valence-electron chi connectivity index (χ3n) is 3.49. The highest BCUT2D eigenvalue weighted by atomic mass is 19.1. The summed E-state index contributed by atoms with van der Waals surface area (Å²) < 4.78 is 13.6. The van der Waals surface area contributed by atoms with Gasteiger partial charge in [-0.2, -0.15) is 0 Å². The number of aromatic hydroxyl groups is 1. The van der Waals surface area contributed by atoms with Crippen LogP contribution in [0.25, 0.3) is 0 Å². The van der Waals surface area contributed by atoms with Crippen molar-refractivity contribution in [1.29, 1.82) is 0 Å². The second kappa shape index (κ2) is 4.94. The van der Waals surface area contributed by atoms with Crippen LogP contribution in [-0.2, 0) is 0 Å². The molecular weight excluding hydrogens is 235 g/mol. The molecule has 2 unspecified atom stereocenters. The second-order valence-corrected chi connectivity index (χ2v) is 4.85. The Bertz CT molecular complexity index is 464. The van der Waals surface area contributed by atoms with E-state index in [0.29, 0.717) is 19.0 Å². The first kappa shape index (κ1) is 12.8. The Balaban J connectivity index is 2.16. The summed E-state index contributed by atoms with van der Waals surface area (Å²) in [7, 11) is 0. The lowest BCUT2D eigenvalue weighted by molar-refractivity contribution is 0.0667. The molecular formula is C13H17FN2O2. The number of phenols is 1. The Morgan fingerprint density at radius 3 is 2.89 bits per heavy atom. The minimum absolute atomic E-state index is 0.0189. The molecule has 1 saturated heterocycles. The molecule has 1 aromatic rings. The SMILES string of the molecule is CC1CCN(C(=O)c2ccc(O)cc2F)CC1N. The molecule has 18 heavy (non-hydrogen) atoms. The molecule has 2 rings (SSSR count). The molecule has 2 atom stereocenters. The fourth-order valence-electron chi connectivity index (χ4n) is 2.13. The molecule has 0 saturated carbocycles. The summed E-state index contributed by atoms with van der Waals surface area (Å²) in [5.41, 5.74) is 5.90. The van der Waals surface area contributed by atoms with Gasteiger partial charge in [-0.3, -0.25) is 4.79 Å². The van der Waals surface area contributed by atoms with Crippen LogP contribution in [0.2, 0.25) is 0 Å². The van der Waals surface area contributed by atoms with E-state index >= 15 is 0 Å². The van der Waals surface area contributed by atoms with Crippen LogP contribution in [0.3, 0.4) is 0 Å². The van der Waals surface area contributed by atoms with E-state index in [2.05, 4.69) is 0 Å². The molecule has 0 aromatic heterocycles. The molecule has 1 aliphatic heterocycles.